The standard InChI is InChI=1S/C11H23N3S/c1-10(2)13-11-14(12)8-6-4-3-5-7-9-15-11/h10H,3-9,12H2,1-2H3/b13-11-. The van der Waals surface area contributed by atoms with Crippen LogP contribution in [-0.4, -0.2) is 28.5 Å². The van der Waals surface area contributed by atoms with E-state index in [1.165, 1.54) is 32.1 Å². The minimum Gasteiger partial charge on any atom is -0.290 e. The van der Waals surface area contributed by atoms with Crippen molar-refractivity contribution < 1.29 is 0 Å². The molecule has 0 amide bonds. The number of hydrogen-bond acceptors (Lipinski definition) is 3. The van der Waals surface area contributed by atoms with Gasteiger partial charge in [-0.3, -0.25) is 10.0 Å². The van der Waals surface area contributed by atoms with Gasteiger partial charge in [0.2, 0.25) is 0 Å². The fraction of sp³-hybridized carbons (Fsp3) is 0.909. The van der Waals surface area contributed by atoms with Crippen molar-refractivity contribution in [3.05, 3.63) is 0 Å². The Morgan fingerprint density at radius 3 is 2.60 bits per heavy atom. The summed E-state index contributed by atoms with van der Waals surface area (Å²) in [7, 11) is 0. The van der Waals surface area contributed by atoms with Crippen molar-refractivity contribution in [1.82, 2.24) is 5.01 Å². The zero-order valence-electron chi connectivity index (χ0n) is 9.91. The molecule has 0 aromatic rings. The van der Waals surface area contributed by atoms with Crippen molar-refractivity contribution >= 4 is 16.9 Å². The molecule has 3 nitrogen and oxygen atoms in total. The van der Waals surface area contributed by atoms with Crippen molar-refractivity contribution in [3.63, 3.8) is 0 Å². The average molecular weight is 229 g/mol. The second-order valence-electron chi connectivity index (χ2n) is 4.32. The number of nitrogens with two attached hydrogens (primary N) is 1. The molecule has 0 saturated carbocycles. The van der Waals surface area contributed by atoms with E-state index in [9.17, 15) is 0 Å². The van der Waals surface area contributed by atoms with Crippen LogP contribution in [0.5, 0.6) is 0 Å². The summed E-state index contributed by atoms with van der Waals surface area (Å²) in [6.07, 6.45) is 6.48. The van der Waals surface area contributed by atoms with E-state index in [2.05, 4.69) is 18.8 Å². The summed E-state index contributed by atoms with van der Waals surface area (Å²) in [6, 6.07) is 0.335. The average Bonchev–Trinajstić information content (AvgIpc) is 2.19. The van der Waals surface area contributed by atoms with Gasteiger partial charge in [-0.25, -0.2) is 5.84 Å². The smallest absolute Gasteiger partial charge is 0.173 e. The highest BCUT2D eigenvalue weighted by Crippen LogP contribution is 2.15. The molecule has 0 aromatic heterocycles. The van der Waals surface area contributed by atoms with Crippen LogP contribution in [0.1, 0.15) is 46.0 Å². The molecule has 88 valence electrons. The zero-order chi connectivity index (χ0) is 11.1. The van der Waals surface area contributed by atoms with Crippen LogP contribution in [0.2, 0.25) is 0 Å². The third kappa shape index (κ3) is 5.42. The molecule has 15 heavy (non-hydrogen) atoms. The summed E-state index contributed by atoms with van der Waals surface area (Å²) in [4.78, 5) is 4.57. The monoisotopic (exact) mass is 229 g/mol. The van der Waals surface area contributed by atoms with Crippen LogP contribution >= 0.6 is 11.8 Å². The van der Waals surface area contributed by atoms with E-state index in [4.69, 9.17) is 5.84 Å². The molecule has 0 unspecified atom stereocenters. The first kappa shape index (κ1) is 12.8. The Bertz CT molecular complexity index is 204. The molecule has 0 radical (unpaired) electrons. The van der Waals surface area contributed by atoms with Crippen LogP contribution in [0.3, 0.4) is 0 Å². The number of nitrogens with zero attached hydrogens (tertiary/aromatic N) is 2. The molecule has 0 bridgehead atoms. The quantitative estimate of drug-likeness (QED) is 0.703. The van der Waals surface area contributed by atoms with Gasteiger partial charge in [0.15, 0.2) is 5.17 Å². The summed E-state index contributed by atoms with van der Waals surface area (Å²) < 4.78 is 0. The van der Waals surface area contributed by atoms with Crippen molar-refractivity contribution in [2.24, 2.45) is 10.8 Å². The lowest BCUT2D eigenvalue weighted by molar-refractivity contribution is 0.420. The van der Waals surface area contributed by atoms with Gasteiger partial charge in [-0.1, -0.05) is 31.0 Å². The molecule has 1 aliphatic heterocycles. The Labute approximate surface area is 97.5 Å². The lowest BCUT2D eigenvalue weighted by Gasteiger charge is -2.22. The van der Waals surface area contributed by atoms with Crippen LogP contribution in [0, 0.1) is 0 Å². The largest absolute Gasteiger partial charge is 0.290 e. The molecule has 0 atom stereocenters. The third-order valence-electron chi connectivity index (χ3n) is 2.39. The molecule has 1 aliphatic rings. The first-order chi connectivity index (χ1) is 7.20. The predicted molar refractivity (Wildman–Crippen MR) is 69.0 cm³/mol. The SMILES string of the molecule is CC(C)/N=C1\SCCCCCCCN1N. The number of rotatable bonds is 1. The summed E-state index contributed by atoms with van der Waals surface area (Å²) in [6.45, 7) is 5.14. The maximum absolute atomic E-state index is 6.00. The maximum Gasteiger partial charge on any atom is 0.173 e. The number of amidine groups is 1. The van der Waals surface area contributed by atoms with E-state index in [0.717, 1.165) is 17.5 Å². The molecule has 0 aliphatic carbocycles. The van der Waals surface area contributed by atoms with Gasteiger partial charge in [0.1, 0.15) is 0 Å². The van der Waals surface area contributed by atoms with Crippen molar-refractivity contribution in [2.45, 2.75) is 52.0 Å². The van der Waals surface area contributed by atoms with E-state index >= 15 is 0 Å². The number of thioether (sulfide) groups is 1. The Hall–Kier alpha value is -0.220. The molecule has 0 spiro atoms. The molecule has 1 rings (SSSR count). The molecule has 0 aromatic carbocycles. The van der Waals surface area contributed by atoms with E-state index in [1.807, 2.05) is 16.8 Å². The topological polar surface area (TPSA) is 41.6 Å². The molecule has 1 saturated heterocycles. The lowest BCUT2D eigenvalue weighted by atomic mass is 10.1. The minimum atomic E-state index is 0.335. The van der Waals surface area contributed by atoms with Crippen molar-refractivity contribution in [1.29, 1.82) is 0 Å². The molecule has 2 N–H and O–H groups in total. The number of hydrazine groups is 1. The normalized spacial score (nSPS) is 23.5. The first-order valence-corrected chi connectivity index (χ1v) is 6.91. The lowest BCUT2D eigenvalue weighted by Crippen LogP contribution is -2.37. The van der Waals surface area contributed by atoms with Crippen LogP contribution in [0.15, 0.2) is 4.99 Å². The summed E-state index contributed by atoms with van der Waals surface area (Å²) in [5, 5.41) is 2.85. The highest BCUT2D eigenvalue weighted by atomic mass is 32.2. The minimum absolute atomic E-state index is 0.335. The van der Waals surface area contributed by atoms with Gasteiger partial charge < -0.3 is 0 Å². The third-order valence-corrected chi connectivity index (χ3v) is 3.48. The highest BCUT2D eigenvalue weighted by Gasteiger charge is 2.10. The first-order valence-electron chi connectivity index (χ1n) is 5.93. The van der Waals surface area contributed by atoms with Gasteiger partial charge in [0.05, 0.1) is 0 Å². The summed E-state index contributed by atoms with van der Waals surface area (Å²) in [5.74, 6) is 7.15. The second-order valence-corrected chi connectivity index (χ2v) is 5.38. The van der Waals surface area contributed by atoms with Crippen LogP contribution < -0.4 is 5.84 Å². The highest BCUT2D eigenvalue weighted by molar-refractivity contribution is 8.13. The van der Waals surface area contributed by atoms with Gasteiger partial charge in [0, 0.05) is 18.3 Å². The van der Waals surface area contributed by atoms with E-state index in [0.29, 0.717) is 6.04 Å². The summed E-state index contributed by atoms with van der Waals surface area (Å²) in [5.41, 5.74) is 0. The van der Waals surface area contributed by atoms with Gasteiger partial charge in [-0.05, 0) is 26.7 Å². The fourth-order valence-electron chi connectivity index (χ4n) is 1.59. The molecule has 1 heterocycles. The maximum atomic E-state index is 6.00. The predicted octanol–water partition coefficient (Wildman–Crippen LogP) is 2.62. The van der Waals surface area contributed by atoms with Crippen LogP contribution in [0.25, 0.3) is 0 Å². The Morgan fingerprint density at radius 1 is 1.20 bits per heavy atom. The van der Waals surface area contributed by atoms with Gasteiger partial charge in [-0.15, -0.1) is 0 Å². The van der Waals surface area contributed by atoms with Gasteiger partial charge in [-0.2, -0.15) is 0 Å². The Kier molecular flexibility index (Phi) is 6.10. The molecule has 1 fully saturated rings. The molecular formula is C11H23N3S. The molecule has 4 heteroatoms. The Morgan fingerprint density at radius 2 is 1.87 bits per heavy atom. The molecular weight excluding hydrogens is 206 g/mol. The van der Waals surface area contributed by atoms with E-state index in [1.54, 1.807) is 0 Å². The van der Waals surface area contributed by atoms with Crippen LogP contribution in [0.4, 0.5) is 0 Å². The van der Waals surface area contributed by atoms with Crippen molar-refractivity contribution in [2.75, 3.05) is 12.3 Å². The zero-order valence-corrected chi connectivity index (χ0v) is 10.7. The van der Waals surface area contributed by atoms with Gasteiger partial charge in [0.25, 0.3) is 0 Å². The number of hydrogen-bond donors (Lipinski definition) is 1. The van der Waals surface area contributed by atoms with E-state index < -0.39 is 0 Å². The fourth-order valence-corrected chi connectivity index (χ4v) is 2.66. The second kappa shape index (κ2) is 7.12. The van der Waals surface area contributed by atoms with E-state index in [-0.39, 0.29) is 0 Å². The van der Waals surface area contributed by atoms with Gasteiger partial charge >= 0.3 is 0 Å². The Balaban J connectivity index is 2.54. The van der Waals surface area contributed by atoms with Crippen LogP contribution in [-0.2, 0) is 0 Å². The summed E-state index contributed by atoms with van der Waals surface area (Å²) >= 11 is 1.81. The number of aliphatic imine (C=N–C) groups is 1. The van der Waals surface area contributed by atoms with Crippen molar-refractivity contribution in [3.8, 4) is 0 Å².